The summed E-state index contributed by atoms with van der Waals surface area (Å²) in [6.07, 6.45) is 0. The maximum absolute atomic E-state index is 13.2. The normalized spacial score (nSPS) is 18.9. The van der Waals surface area contributed by atoms with Crippen molar-refractivity contribution in [1.82, 2.24) is 0 Å². The lowest BCUT2D eigenvalue weighted by Crippen LogP contribution is -2.29. The third kappa shape index (κ3) is 2.98. The topological polar surface area (TPSA) is 96.3 Å². The van der Waals surface area contributed by atoms with Gasteiger partial charge in [-0.25, -0.2) is 0 Å². The van der Waals surface area contributed by atoms with Crippen LogP contribution in [0.5, 0.6) is 17.2 Å². The first-order valence-corrected chi connectivity index (χ1v) is 10.0. The fourth-order valence-electron chi connectivity index (χ4n) is 4.14. The number of aliphatic hydroxyl groups excluding tert-OH is 1. The number of nitrogens with zero attached hydrogens (tertiary/aromatic N) is 1. The van der Waals surface area contributed by atoms with Crippen LogP contribution >= 0.6 is 0 Å². The number of para-hydroxylation sites is 2. The van der Waals surface area contributed by atoms with Gasteiger partial charge in [-0.05, 0) is 48.4 Å². The number of Topliss-reactive ketones (excluding diaryl/α,β-unsaturated/α-hetero) is 1. The predicted octanol–water partition coefficient (Wildman–Crippen LogP) is 4.06. The first-order valence-electron chi connectivity index (χ1n) is 10.0. The molecule has 160 valence electrons. The Hall–Kier alpha value is -4.26. The van der Waals surface area contributed by atoms with Crippen molar-refractivity contribution in [3.63, 3.8) is 0 Å². The number of anilines is 1. The van der Waals surface area contributed by atoms with Crippen LogP contribution in [0.2, 0.25) is 0 Å². The van der Waals surface area contributed by atoms with Gasteiger partial charge in [0, 0.05) is 5.56 Å². The van der Waals surface area contributed by atoms with E-state index >= 15 is 0 Å². The smallest absolute Gasteiger partial charge is 0.300 e. The van der Waals surface area contributed by atoms with E-state index in [0.29, 0.717) is 22.6 Å². The number of hydrogen-bond donors (Lipinski definition) is 2. The highest BCUT2D eigenvalue weighted by molar-refractivity contribution is 6.52. The number of phenols is 1. The summed E-state index contributed by atoms with van der Waals surface area (Å²) >= 11 is 0. The molecule has 0 bridgehead atoms. The standard InChI is InChI=1S/C25H19NO6/c1-14-6-2-3-7-16(14)22-21(23(28)15-10-11-19-20(12-15)32-13-31-19)24(29)25(30)26(22)17-8-4-5-9-18(17)27/h2-12,22,27-28H,13H2,1H3/b23-21+. The Morgan fingerprint density at radius 1 is 0.969 bits per heavy atom. The van der Waals surface area contributed by atoms with Gasteiger partial charge in [0.25, 0.3) is 11.7 Å². The lowest BCUT2D eigenvalue weighted by molar-refractivity contribution is -0.132. The molecule has 1 saturated heterocycles. The van der Waals surface area contributed by atoms with Crippen LogP contribution < -0.4 is 14.4 Å². The third-order valence-corrected chi connectivity index (χ3v) is 5.71. The number of aromatic hydroxyl groups is 1. The molecule has 7 heteroatoms. The first kappa shape index (κ1) is 19.7. The first-order chi connectivity index (χ1) is 15.5. The molecule has 2 aliphatic rings. The van der Waals surface area contributed by atoms with Crippen LogP contribution in [0.3, 0.4) is 0 Å². The Kier molecular flexibility index (Phi) is 4.59. The maximum Gasteiger partial charge on any atom is 0.300 e. The van der Waals surface area contributed by atoms with E-state index in [1.54, 1.807) is 48.5 Å². The molecule has 0 aliphatic carbocycles. The quantitative estimate of drug-likeness (QED) is 0.370. The summed E-state index contributed by atoms with van der Waals surface area (Å²) in [5, 5.41) is 21.7. The number of benzene rings is 3. The van der Waals surface area contributed by atoms with Crippen molar-refractivity contribution in [1.29, 1.82) is 0 Å². The molecule has 3 aromatic rings. The molecular formula is C25H19NO6. The summed E-state index contributed by atoms with van der Waals surface area (Å²) < 4.78 is 10.7. The Balaban J connectivity index is 1.74. The van der Waals surface area contributed by atoms with Gasteiger partial charge < -0.3 is 19.7 Å². The molecule has 3 aromatic carbocycles. The number of ketones is 1. The molecule has 0 spiro atoms. The molecule has 2 heterocycles. The number of aliphatic hydroxyl groups is 1. The van der Waals surface area contributed by atoms with E-state index in [0.717, 1.165) is 5.56 Å². The van der Waals surface area contributed by atoms with E-state index in [1.807, 2.05) is 19.1 Å². The minimum atomic E-state index is -0.921. The van der Waals surface area contributed by atoms with E-state index in [2.05, 4.69) is 0 Å². The van der Waals surface area contributed by atoms with E-state index in [4.69, 9.17) is 9.47 Å². The second-order valence-electron chi connectivity index (χ2n) is 7.58. The van der Waals surface area contributed by atoms with Crippen LogP contribution in [0.25, 0.3) is 5.76 Å². The van der Waals surface area contributed by atoms with Gasteiger partial charge >= 0.3 is 0 Å². The molecule has 7 nitrogen and oxygen atoms in total. The van der Waals surface area contributed by atoms with Crippen molar-refractivity contribution in [2.75, 3.05) is 11.7 Å². The molecule has 1 amide bonds. The molecular weight excluding hydrogens is 410 g/mol. The molecule has 0 radical (unpaired) electrons. The summed E-state index contributed by atoms with van der Waals surface area (Å²) in [7, 11) is 0. The van der Waals surface area contributed by atoms with Gasteiger partial charge in [0.1, 0.15) is 11.5 Å². The average molecular weight is 429 g/mol. The molecule has 0 saturated carbocycles. The highest BCUT2D eigenvalue weighted by Gasteiger charge is 2.48. The van der Waals surface area contributed by atoms with Gasteiger partial charge in [-0.15, -0.1) is 0 Å². The number of rotatable bonds is 3. The zero-order valence-corrected chi connectivity index (χ0v) is 17.1. The number of ether oxygens (including phenoxy) is 2. The molecule has 32 heavy (non-hydrogen) atoms. The van der Waals surface area contributed by atoms with Crippen molar-refractivity contribution in [3.05, 3.63) is 89.0 Å². The van der Waals surface area contributed by atoms with E-state index in [9.17, 15) is 19.8 Å². The van der Waals surface area contributed by atoms with E-state index in [-0.39, 0.29) is 29.6 Å². The Labute approximate surface area is 183 Å². The van der Waals surface area contributed by atoms with Gasteiger partial charge in [0.2, 0.25) is 6.79 Å². The summed E-state index contributed by atoms with van der Waals surface area (Å²) in [6.45, 7) is 1.93. The number of fused-ring (bicyclic) bond motifs is 1. The van der Waals surface area contributed by atoms with Crippen LogP contribution in [0.15, 0.2) is 72.3 Å². The Morgan fingerprint density at radius 3 is 2.47 bits per heavy atom. The lowest BCUT2D eigenvalue weighted by Gasteiger charge is -2.27. The van der Waals surface area contributed by atoms with Crippen LogP contribution in [0.1, 0.15) is 22.7 Å². The van der Waals surface area contributed by atoms with Gasteiger partial charge in [-0.2, -0.15) is 0 Å². The summed E-state index contributed by atoms with van der Waals surface area (Å²) in [6, 6.07) is 17.5. The van der Waals surface area contributed by atoms with E-state index in [1.165, 1.54) is 11.0 Å². The predicted molar refractivity (Wildman–Crippen MR) is 117 cm³/mol. The zero-order valence-electron chi connectivity index (χ0n) is 17.1. The Morgan fingerprint density at radius 2 is 1.69 bits per heavy atom. The fourth-order valence-corrected chi connectivity index (χ4v) is 4.14. The molecule has 2 aliphatic heterocycles. The minimum absolute atomic E-state index is 0.0635. The molecule has 1 fully saturated rings. The van der Waals surface area contributed by atoms with Gasteiger partial charge in [0.15, 0.2) is 11.5 Å². The summed E-state index contributed by atoms with van der Waals surface area (Å²) in [5.74, 6) is -1.16. The van der Waals surface area contributed by atoms with Crippen LogP contribution in [0, 0.1) is 6.92 Å². The van der Waals surface area contributed by atoms with Gasteiger partial charge in [-0.3, -0.25) is 14.5 Å². The highest BCUT2D eigenvalue weighted by Crippen LogP contribution is 2.46. The van der Waals surface area contributed by atoms with Gasteiger partial charge in [0.05, 0.1) is 17.3 Å². The summed E-state index contributed by atoms with van der Waals surface area (Å²) in [5.41, 5.74) is 1.94. The Bertz CT molecular complexity index is 1300. The van der Waals surface area contributed by atoms with Crippen LogP contribution in [-0.4, -0.2) is 28.7 Å². The number of carbonyl (C=O) groups is 2. The molecule has 2 N–H and O–H groups in total. The second kappa shape index (κ2) is 7.46. The largest absolute Gasteiger partial charge is 0.507 e. The SMILES string of the molecule is Cc1ccccc1C1/C(=C(\O)c2ccc3c(c2)OCO3)C(=O)C(=O)N1c1ccccc1O. The van der Waals surface area contributed by atoms with Crippen molar-refractivity contribution in [3.8, 4) is 17.2 Å². The second-order valence-corrected chi connectivity index (χ2v) is 7.58. The average Bonchev–Trinajstić information content (AvgIpc) is 3.36. The van der Waals surface area contributed by atoms with Crippen molar-refractivity contribution < 1.29 is 29.3 Å². The van der Waals surface area contributed by atoms with Crippen LogP contribution in [-0.2, 0) is 9.59 Å². The zero-order chi connectivity index (χ0) is 22.4. The monoisotopic (exact) mass is 429 g/mol. The van der Waals surface area contributed by atoms with Crippen LogP contribution in [0.4, 0.5) is 5.69 Å². The van der Waals surface area contributed by atoms with Crippen molar-refractivity contribution >= 4 is 23.1 Å². The number of amides is 1. The highest BCUT2D eigenvalue weighted by atomic mass is 16.7. The molecule has 1 atom stereocenters. The van der Waals surface area contributed by atoms with Crippen molar-refractivity contribution in [2.24, 2.45) is 0 Å². The number of phenolic OH excluding ortho intramolecular Hbond substituents is 1. The number of hydrogen-bond acceptors (Lipinski definition) is 6. The van der Waals surface area contributed by atoms with Gasteiger partial charge in [-0.1, -0.05) is 36.4 Å². The fraction of sp³-hybridized carbons (Fsp3) is 0.120. The van der Waals surface area contributed by atoms with E-state index < -0.39 is 17.7 Å². The maximum atomic E-state index is 13.2. The number of aryl methyl sites for hydroxylation is 1. The molecule has 5 rings (SSSR count). The lowest BCUT2D eigenvalue weighted by atomic mass is 9.92. The molecule has 1 unspecified atom stereocenters. The molecule has 0 aromatic heterocycles. The third-order valence-electron chi connectivity index (χ3n) is 5.71. The minimum Gasteiger partial charge on any atom is -0.507 e. The number of carbonyl (C=O) groups excluding carboxylic acids is 2. The van der Waals surface area contributed by atoms with Crippen molar-refractivity contribution in [2.45, 2.75) is 13.0 Å². The summed E-state index contributed by atoms with van der Waals surface area (Å²) in [4.78, 5) is 27.6.